The maximum Gasteiger partial charge on any atom is 0.233 e. The number of nitrogens with zero attached hydrogens (tertiary/aromatic N) is 3. The molecule has 0 aliphatic heterocycles. The van der Waals surface area contributed by atoms with E-state index in [1.54, 1.807) is 6.20 Å². The molecule has 2 aromatic heterocycles. The van der Waals surface area contributed by atoms with Crippen LogP contribution in [-0.4, -0.2) is 44.8 Å². The van der Waals surface area contributed by atoms with E-state index < -0.39 is 9.76 Å². The van der Waals surface area contributed by atoms with Crippen LogP contribution in [0.2, 0.25) is 6.04 Å². The van der Waals surface area contributed by atoms with Gasteiger partial charge in [0, 0.05) is 25.5 Å². The molecule has 2 heterocycles. The molecule has 35 heavy (non-hydrogen) atoms. The second-order valence-corrected chi connectivity index (χ2v) is 11.5. The second-order valence-electron chi connectivity index (χ2n) is 10.1. The molecule has 0 aromatic carbocycles. The van der Waals surface area contributed by atoms with Gasteiger partial charge in [-0.1, -0.05) is 59.8 Å². The lowest BCUT2D eigenvalue weighted by Gasteiger charge is -2.24. The Morgan fingerprint density at radius 3 is 2.37 bits per heavy atom. The molecule has 0 amide bonds. The highest BCUT2D eigenvalue weighted by molar-refractivity contribution is 6.28. The van der Waals surface area contributed by atoms with Crippen LogP contribution in [0.25, 0.3) is 11.3 Å². The van der Waals surface area contributed by atoms with Crippen LogP contribution in [0.4, 0.5) is 0 Å². The maximum absolute atomic E-state index is 6.16. The Morgan fingerprint density at radius 2 is 1.60 bits per heavy atom. The number of unbranched alkanes of at least 4 members (excludes halogenated alkanes) is 4. The predicted molar refractivity (Wildman–Crippen MR) is 147 cm³/mol. The molecule has 0 N–H and O–H groups in total. The van der Waals surface area contributed by atoms with E-state index in [0.717, 1.165) is 43.7 Å². The van der Waals surface area contributed by atoms with E-state index in [2.05, 4.69) is 42.9 Å². The summed E-state index contributed by atoms with van der Waals surface area (Å²) in [5, 5.41) is 8.61. The normalized spacial score (nSPS) is 11.9. The second kappa shape index (κ2) is 17.4. The lowest BCUT2D eigenvalue weighted by molar-refractivity contribution is 0.123. The molecule has 196 valence electrons. The first-order valence-electron chi connectivity index (χ1n) is 13.7. The van der Waals surface area contributed by atoms with Gasteiger partial charge in [0.05, 0.1) is 17.9 Å². The van der Waals surface area contributed by atoms with Gasteiger partial charge < -0.3 is 13.9 Å². The van der Waals surface area contributed by atoms with E-state index in [9.17, 15) is 0 Å². The Bertz CT molecular complexity index is 802. The van der Waals surface area contributed by atoms with Gasteiger partial charge >= 0.3 is 0 Å². The van der Waals surface area contributed by atoms with Crippen LogP contribution in [0, 0.1) is 5.41 Å². The summed E-state index contributed by atoms with van der Waals surface area (Å²) in [6.45, 7) is 11.5. The molecular weight excluding hydrogens is 454 g/mol. The number of hydrogen-bond acceptors (Lipinski definition) is 6. The highest BCUT2D eigenvalue weighted by atomic mass is 28.2. The summed E-state index contributed by atoms with van der Waals surface area (Å²) in [6, 6.07) is 8.88. The van der Waals surface area contributed by atoms with Crippen LogP contribution in [0.5, 0.6) is 11.8 Å². The fraction of sp³-hybridized carbons (Fsp3) is 0.679. The van der Waals surface area contributed by atoms with Crippen molar-refractivity contribution in [1.29, 1.82) is 0 Å². The van der Waals surface area contributed by atoms with Gasteiger partial charge in [-0.2, -0.15) is 0 Å². The maximum atomic E-state index is 6.16. The molecular formula is C28H47N3O3Si. The standard InChI is InChI=1S/C28H47N3O3Si/c1-5-7-17-28(3,4)18-9-12-23-35-34-27-24(14-13-19-29-27)25-15-16-26(31-30-25)33-22-11-10-21-32-20-8-6-2/h13-16,19H,5-12,17-18,20-23,35H2,1-4H3. The van der Waals surface area contributed by atoms with Gasteiger partial charge in [-0.25, -0.2) is 4.98 Å². The Kier molecular flexibility index (Phi) is 14.6. The molecule has 0 bridgehead atoms. The highest BCUT2D eigenvalue weighted by Crippen LogP contribution is 2.30. The average Bonchev–Trinajstić information content (AvgIpc) is 2.87. The largest absolute Gasteiger partial charge is 0.536 e. The van der Waals surface area contributed by atoms with Crippen LogP contribution in [-0.2, 0) is 4.74 Å². The Morgan fingerprint density at radius 1 is 0.829 bits per heavy atom. The predicted octanol–water partition coefficient (Wildman–Crippen LogP) is 6.78. The number of rotatable bonds is 20. The molecule has 0 saturated carbocycles. The zero-order valence-corrected chi connectivity index (χ0v) is 24.0. The summed E-state index contributed by atoms with van der Waals surface area (Å²) in [7, 11) is -0.670. The number of pyridine rings is 1. The average molecular weight is 502 g/mol. The fourth-order valence-electron chi connectivity index (χ4n) is 3.90. The van der Waals surface area contributed by atoms with Crippen molar-refractivity contribution in [3.8, 4) is 23.0 Å². The van der Waals surface area contributed by atoms with E-state index in [4.69, 9.17) is 13.9 Å². The smallest absolute Gasteiger partial charge is 0.233 e. The quantitative estimate of drug-likeness (QED) is 0.147. The first-order chi connectivity index (χ1) is 17.1. The first-order valence-corrected chi connectivity index (χ1v) is 15.3. The lowest BCUT2D eigenvalue weighted by atomic mass is 9.82. The third kappa shape index (κ3) is 12.5. The molecule has 0 spiro atoms. The third-order valence-corrected chi connectivity index (χ3v) is 7.47. The first kappa shape index (κ1) is 29.2. The lowest BCUT2D eigenvalue weighted by Crippen LogP contribution is -2.11. The molecule has 0 radical (unpaired) electrons. The summed E-state index contributed by atoms with van der Waals surface area (Å²) < 4.78 is 17.5. The Balaban J connectivity index is 1.71. The van der Waals surface area contributed by atoms with Crippen molar-refractivity contribution >= 4 is 9.76 Å². The van der Waals surface area contributed by atoms with Gasteiger partial charge in [0.1, 0.15) is 0 Å². The van der Waals surface area contributed by atoms with Crippen molar-refractivity contribution in [1.82, 2.24) is 15.2 Å². The topological polar surface area (TPSA) is 66.4 Å². The van der Waals surface area contributed by atoms with Crippen molar-refractivity contribution in [3.63, 3.8) is 0 Å². The minimum absolute atomic E-state index is 0.462. The molecule has 2 aromatic rings. The number of hydrogen-bond donors (Lipinski definition) is 0. The van der Waals surface area contributed by atoms with Gasteiger partial charge in [0.2, 0.25) is 21.5 Å². The van der Waals surface area contributed by atoms with Gasteiger partial charge in [-0.15, -0.1) is 10.2 Å². The minimum atomic E-state index is -0.670. The summed E-state index contributed by atoms with van der Waals surface area (Å²) in [5.41, 5.74) is 2.12. The van der Waals surface area contributed by atoms with Crippen molar-refractivity contribution in [2.24, 2.45) is 5.41 Å². The molecule has 2 rings (SSSR count). The summed E-state index contributed by atoms with van der Waals surface area (Å²) in [5.74, 6) is 1.22. The van der Waals surface area contributed by atoms with E-state index in [1.807, 2.05) is 24.3 Å². The van der Waals surface area contributed by atoms with Crippen molar-refractivity contribution in [3.05, 3.63) is 30.5 Å². The van der Waals surface area contributed by atoms with E-state index in [0.29, 0.717) is 23.8 Å². The molecule has 7 heteroatoms. The monoisotopic (exact) mass is 501 g/mol. The minimum Gasteiger partial charge on any atom is -0.536 e. The fourth-order valence-corrected chi connectivity index (χ4v) is 5.03. The molecule has 0 aliphatic carbocycles. The van der Waals surface area contributed by atoms with Crippen molar-refractivity contribution in [2.75, 3.05) is 19.8 Å². The van der Waals surface area contributed by atoms with Crippen LogP contribution in [0.15, 0.2) is 30.5 Å². The zero-order chi connectivity index (χ0) is 25.2. The van der Waals surface area contributed by atoms with Crippen LogP contribution < -0.4 is 9.16 Å². The van der Waals surface area contributed by atoms with E-state index in [-0.39, 0.29) is 0 Å². The van der Waals surface area contributed by atoms with E-state index >= 15 is 0 Å². The number of ether oxygens (including phenoxy) is 2. The molecule has 0 fully saturated rings. The van der Waals surface area contributed by atoms with Gasteiger partial charge in [0.15, 0.2) is 0 Å². The molecule has 6 nitrogen and oxygen atoms in total. The molecule has 0 atom stereocenters. The zero-order valence-electron chi connectivity index (χ0n) is 22.6. The summed E-state index contributed by atoms with van der Waals surface area (Å²) in [4.78, 5) is 4.47. The highest BCUT2D eigenvalue weighted by Gasteiger charge is 2.16. The molecule has 0 aliphatic rings. The third-order valence-electron chi connectivity index (χ3n) is 6.21. The van der Waals surface area contributed by atoms with Crippen LogP contribution >= 0.6 is 0 Å². The molecule has 0 saturated heterocycles. The van der Waals surface area contributed by atoms with Crippen LogP contribution in [0.1, 0.15) is 91.9 Å². The SMILES string of the molecule is CCCCOCCCCOc1ccc(-c2cccnc2O[SiH2]CCCCC(C)(C)CCCC)nn1. The Hall–Kier alpha value is -1.99. The van der Waals surface area contributed by atoms with Gasteiger partial charge in [-0.05, 0) is 61.8 Å². The molecule has 0 unspecified atom stereocenters. The van der Waals surface area contributed by atoms with Gasteiger partial charge in [0.25, 0.3) is 0 Å². The summed E-state index contributed by atoms with van der Waals surface area (Å²) in [6.07, 6.45) is 13.8. The summed E-state index contributed by atoms with van der Waals surface area (Å²) >= 11 is 0. The number of aromatic nitrogens is 3. The Labute approximate surface area is 215 Å². The van der Waals surface area contributed by atoms with Crippen LogP contribution in [0.3, 0.4) is 0 Å². The van der Waals surface area contributed by atoms with E-state index in [1.165, 1.54) is 51.0 Å². The van der Waals surface area contributed by atoms with Crippen molar-refractivity contribution in [2.45, 2.75) is 97.9 Å². The van der Waals surface area contributed by atoms with Crippen molar-refractivity contribution < 1.29 is 13.9 Å². The van der Waals surface area contributed by atoms with Gasteiger partial charge in [-0.3, -0.25) is 0 Å².